The van der Waals surface area contributed by atoms with E-state index in [1.54, 1.807) is 0 Å². The van der Waals surface area contributed by atoms with E-state index in [2.05, 4.69) is 20.7 Å². The number of rotatable bonds is 4. The lowest BCUT2D eigenvalue weighted by Crippen LogP contribution is -2.32. The number of benzene rings is 1. The van der Waals surface area contributed by atoms with E-state index in [0.717, 1.165) is 12.8 Å². The summed E-state index contributed by atoms with van der Waals surface area (Å²) in [5.74, 6) is 0.0520. The number of halogens is 4. The van der Waals surface area contributed by atoms with E-state index in [1.165, 1.54) is 18.2 Å². The molecule has 2 rings (SSSR count). The van der Waals surface area contributed by atoms with E-state index in [-0.39, 0.29) is 16.8 Å². The minimum absolute atomic E-state index is 0.138. The van der Waals surface area contributed by atoms with Crippen molar-refractivity contribution in [3.8, 4) is 11.5 Å². The Balaban J connectivity index is 1.98. The summed E-state index contributed by atoms with van der Waals surface area (Å²) < 4.78 is 45.8. The summed E-state index contributed by atoms with van der Waals surface area (Å²) in [7, 11) is 0. The Labute approximate surface area is 122 Å². The molecule has 0 heterocycles. The van der Waals surface area contributed by atoms with Crippen LogP contribution in [-0.4, -0.2) is 23.7 Å². The molecule has 1 saturated carbocycles. The van der Waals surface area contributed by atoms with Crippen LogP contribution in [0.2, 0.25) is 0 Å². The Kier molecular flexibility index (Phi) is 4.49. The average molecular weight is 355 g/mol. The van der Waals surface area contributed by atoms with Gasteiger partial charge in [0.15, 0.2) is 0 Å². The first-order valence-corrected chi connectivity index (χ1v) is 6.97. The fraction of sp³-hybridized carbons (Fsp3) is 0.538. The van der Waals surface area contributed by atoms with Crippen LogP contribution < -0.4 is 9.47 Å². The van der Waals surface area contributed by atoms with Gasteiger partial charge in [0.25, 0.3) is 0 Å². The lowest BCUT2D eigenvalue weighted by atomic mass is 10.0. The van der Waals surface area contributed by atoms with E-state index in [4.69, 9.17) is 4.74 Å². The van der Waals surface area contributed by atoms with Crippen molar-refractivity contribution in [1.29, 1.82) is 0 Å². The topological polar surface area (TPSA) is 38.7 Å². The van der Waals surface area contributed by atoms with Crippen molar-refractivity contribution in [2.24, 2.45) is 0 Å². The van der Waals surface area contributed by atoms with Crippen molar-refractivity contribution >= 4 is 15.9 Å². The summed E-state index contributed by atoms with van der Waals surface area (Å²) in [6.45, 7) is 0.138. The zero-order chi connectivity index (χ0) is 14.8. The number of hydrogen-bond donors (Lipinski definition) is 1. The molecule has 7 heteroatoms. The Morgan fingerprint density at radius 3 is 2.45 bits per heavy atom. The van der Waals surface area contributed by atoms with Crippen molar-refractivity contribution in [3.63, 3.8) is 0 Å². The molecule has 0 amide bonds. The predicted octanol–water partition coefficient (Wildman–Crippen LogP) is 4.03. The monoisotopic (exact) mass is 354 g/mol. The van der Waals surface area contributed by atoms with Crippen LogP contribution in [0.4, 0.5) is 13.2 Å². The molecule has 1 aliphatic rings. The molecule has 1 aliphatic carbocycles. The molecule has 0 atom stereocenters. The molecule has 1 aromatic carbocycles. The Morgan fingerprint density at radius 2 is 1.90 bits per heavy atom. The van der Waals surface area contributed by atoms with Gasteiger partial charge >= 0.3 is 6.36 Å². The van der Waals surface area contributed by atoms with Gasteiger partial charge in [-0.3, -0.25) is 0 Å². The number of hydrogen-bond acceptors (Lipinski definition) is 3. The molecular weight excluding hydrogens is 341 g/mol. The van der Waals surface area contributed by atoms with E-state index in [1.807, 2.05) is 0 Å². The lowest BCUT2D eigenvalue weighted by molar-refractivity contribution is -0.274. The molecule has 3 nitrogen and oxygen atoms in total. The fourth-order valence-electron chi connectivity index (χ4n) is 2.17. The molecule has 0 saturated heterocycles. The quantitative estimate of drug-likeness (QED) is 0.886. The van der Waals surface area contributed by atoms with Crippen LogP contribution in [0, 0.1) is 0 Å². The second-order valence-electron chi connectivity index (χ2n) is 4.86. The number of ether oxygens (including phenoxy) is 2. The Morgan fingerprint density at radius 1 is 1.25 bits per heavy atom. The summed E-state index contributed by atoms with van der Waals surface area (Å²) >= 11 is 3.00. The zero-order valence-corrected chi connectivity index (χ0v) is 12.1. The predicted molar refractivity (Wildman–Crippen MR) is 69.7 cm³/mol. The first-order chi connectivity index (χ1) is 9.27. The van der Waals surface area contributed by atoms with Crippen LogP contribution >= 0.6 is 15.9 Å². The van der Waals surface area contributed by atoms with Crippen molar-refractivity contribution in [1.82, 2.24) is 0 Å². The molecule has 20 heavy (non-hydrogen) atoms. The maximum Gasteiger partial charge on any atom is 0.573 e. The highest BCUT2D eigenvalue weighted by molar-refractivity contribution is 9.10. The molecule has 0 bridgehead atoms. The fourth-order valence-corrected chi connectivity index (χ4v) is 2.61. The molecule has 1 fully saturated rings. The summed E-state index contributed by atoms with van der Waals surface area (Å²) in [5, 5.41) is 10.1. The minimum Gasteiger partial charge on any atom is -0.491 e. The van der Waals surface area contributed by atoms with E-state index in [0.29, 0.717) is 18.6 Å². The Bertz CT molecular complexity index is 470. The van der Waals surface area contributed by atoms with Crippen LogP contribution in [0.1, 0.15) is 25.7 Å². The van der Waals surface area contributed by atoms with E-state index < -0.39 is 12.0 Å². The molecule has 0 radical (unpaired) electrons. The second-order valence-corrected chi connectivity index (χ2v) is 5.71. The van der Waals surface area contributed by atoms with E-state index >= 15 is 0 Å². The van der Waals surface area contributed by atoms with Gasteiger partial charge in [0, 0.05) is 0 Å². The van der Waals surface area contributed by atoms with Crippen LogP contribution in [0.3, 0.4) is 0 Å². The van der Waals surface area contributed by atoms with Crippen LogP contribution in [0.15, 0.2) is 22.7 Å². The third-order valence-electron chi connectivity index (χ3n) is 3.17. The molecule has 1 aromatic rings. The highest BCUT2D eigenvalue weighted by Crippen LogP contribution is 2.34. The maximum absolute atomic E-state index is 12.1. The molecule has 0 unspecified atom stereocenters. The van der Waals surface area contributed by atoms with Crippen LogP contribution in [0.25, 0.3) is 0 Å². The van der Waals surface area contributed by atoms with E-state index in [9.17, 15) is 18.3 Å². The first kappa shape index (κ1) is 15.4. The van der Waals surface area contributed by atoms with Crippen molar-refractivity contribution in [3.05, 3.63) is 22.7 Å². The van der Waals surface area contributed by atoms with Gasteiger partial charge < -0.3 is 14.6 Å². The zero-order valence-electron chi connectivity index (χ0n) is 10.5. The SMILES string of the molecule is OC1(COc2ccc(OC(F)(F)F)c(Br)c2)CCCC1. The van der Waals surface area contributed by atoms with Crippen molar-refractivity contribution in [2.45, 2.75) is 37.6 Å². The van der Waals surface area contributed by atoms with Gasteiger partial charge in [-0.05, 0) is 47.0 Å². The molecule has 0 spiro atoms. The van der Waals surface area contributed by atoms with Gasteiger partial charge in [-0.1, -0.05) is 12.8 Å². The van der Waals surface area contributed by atoms with Gasteiger partial charge in [0.05, 0.1) is 10.1 Å². The van der Waals surface area contributed by atoms with Crippen molar-refractivity contribution < 1.29 is 27.8 Å². The minimum atomic E-state index is -4.73. The molecule has 112 valence electrons. The third-order valence-corrected chi connectivity index (χ3v) is 3.79. The second kappa shape index (κ2) is 5.81. The van der Waals surface area contributed by atoms with Gasteiger partial charge in [-0.25, -0.2) is 0 Å². The molecule has 0 aromatic heterocycles. The highest BCUT2D eigenvalue weighted by atomic mass is 79.9. The van der Waals surface area contributed by atoms with Crippen molar-refractivity contribution in [2.75, 3.05) is 6.61 Å². The normalized spacial score (nSPS) is 18.1. The van der Waals surface area contributed by atoms with Gasteiger partial charge in [0.1, 0.15) is 18.1 Å². The highest BCUT2D eigenvalue weighted by Gasteiger charge is 2.33. The largest absolute Gasteiger partial charge is 0.573 e. The smallest absolute Gasteiger partial charge is 0.491 e. The first-order valence-electron chi connectivity index (χ1n) is 6.18. The van der Waals surface area contributed by atoms with Gasteiger partial charge in [0.2, 0.25) is 0 Å². The molecule has 0 aliphatic heterocycles. The summed E-state index contributed by atoms with van der Waals surface area (Å²) in [5.41, 5.74) is -0.826. The van der Waals surface area contributed by atoms with Gasteiger partial charge in [-0.2, -0.15) is 0 Å². The third kappa shape index (κ3) is 4.28. The summed E-state index contributed by atoms with van der Waals surface area (Å²) in [4.78, 5) is 0. The number of alkyl halides is 3. The summed E-state index contributed by atoms with van der Waals surface area (Å²) in [6.07, 6.45) is -1.44. The van der Waals surface area contributed by atoms with Gasteiger partial charge in [-0.15, -0.1) is 13.2 Å². The number of aliphatic hydroxyl groups is 1. The molecule has 1 N–H and O–H groups in total. The lowest BCUT2D eigenvalue weighted by Gasteiger charge is -2.22. The maximum atomic E-state index is 12.1. The Hall–Kier alpha value is -0.950. The average Bonchev–Trinajstić information content (AvgIpc) is 2.76. The molecular formula is C13H14BrF3O3. The van der Waals surface area contributed by atoms with Crippen LogP contribution in [0.5, 0.6) is 11.5 Å². The van der Waals surface area contributed by atoms with Crippen LogP contribution in [-0.2, 0) is 0 Å². The summed E-state index contributed by atoms with van der Waals surface area (Å²) in [6, 6.07) is 3.94. The standard InChI is InChI=1S/C13H14BrF3O3/c14-10-7-9(3-4-11(10)20-13(15,16)17)19-8-12(18)5-1-2-6-12/h3-4,7,18H,1-2,5-6,8H2.